The van der Waals surface area contributed by atoms with Crippen molar-refractivity contribution in [3.63, 3.8) is 0 Å². The molecular formula is C20H22FN3O2. The summed E-state index contributed by atoms with van der Waals surface area (Å²) >= 11 is 0. The van der Waals surface area contributed by atoms with E-state index in [0.29, 0.717) is 19.6 Å². The van der Waals surface area contributed by atoms with Crippen molar-refractivity contribution in [3.05, 3.63) is 71.5 Å². The Balaban J connectivity index is 1.54. The van der Waals surface area contributed by atoms with Crippen LogP contribution >= 0.6 is 0 Å². The molecule has 2 N–H and O–H groups in total. The average Bonchev–Trinajstić information content (AvgIpc) is 2.64. The molecule has 0 saturated carbocycles. The molecule has 0 spiro atoms. The fraction of sp³-hybridized carbons (Fsp3) is 0.300. The molecule has 0 radical (unpaired) electrons. The third-order valence-electron chi connectivity index (χ3n) is 4.56. The topological polar surface area (TPSA) is 66.6 Å². The van der Waals surface area contributed by atoms with Crippen LogP contribution in [0.3, 0.4) is 0 Å². The minimum Gasteiger partial charge on any atom is -0.335 e. The third-order valence-corrected chi connectivity index (χ3v) is 4.56. The normalized spacial score (nSPS) is 15.8. The van der Waals surface area contributed by atoms with Crippen LogP contribution in [0.5, 0.6) is 0 Å². The van der Waals surface area contributed by atoms with Crippen molar-refractivity contribution in [1.29, 1.82) is 0 Å². The smallest absolute Gasteiger partial charge is 0.242 e. The number of nitrogens with zero attached hydrogens (tertiary/aromatic N) is 2. The number of piperazine rings is 1. The SMILES string of the molecule is NC(CC(=O)N1CCN(Cc2cccc(F)c2)C(=O)C1)c1ccccc1. The largest absolute Gasteiger partial charge is 0.335 e. The Morgan fingerprint density at radius 3 is 2.58 bits per heavy atom. The van der Waals surface area contributed by atoms with Crippen LogP contribution in [0.2, 0.25) is 0 Å². The van der Waals surface area contributed by atoms with E-state index in [2.05, 4.69) is 0 Å². The van der Waals surface area contributed by atoms with E-state index in [1.807, 2.05) is 30.3 Å². The minimum atomic E-state index is -0.385. The van der Waals surface area contributed by atoms with Gasteiger partial charge in [0.25, 0.3) is 0 Å². The number of halogens is 1. The fourth-order valence-electron chi connectivity index (χ4n) is 3.08. The van der Waals surface area contributed by atoms with Crippen LogP contribution in [0.4, 0.5) is 4.39 Å². The van der Waals surface area contributed by atoms with Gasteiger partial charge in [0.15, 0.2) is 0 Å². The molecule has 1 aliphatic rings. The van der Waals surface area contributed by atoms with E-state index in [1.54, 1.807) is 21.9 Å². The summed E-state index contributed by atoms with van der Waals surface area (Å²) in [6, 6.07) is 15.3. The predicted octanol–water partition coefficient (Wildman–Crippen LogP) is 2.09. The second-order valence-corrected chi connectivity index (χ2v) is 6.48. The summed E-state index contributed by atoms with van der Waals surface area (Å²) in [5, 5.41) is 0. The molecule has 5 nitrogen and oxygen atoms in total. The summed E-state index contributed by atoms with van der Waals surface area (Å²) in [6.07, 6.45) is 0.168. The van der Waals surface area contributed by atoms with Crippen LogP contribution in [0, 0.1) is 5.82 Å². The molecule has 26 heavy (non-hydrogen) atoms. The third kappa shape index (κ3) is 4.46. The van der Waals surface area contributed by atoms with Crippen LogP contribution in [0.1, 0.15) is 23.6 Å². The number of carbonyl (C=O) groups excluding carboxylic acids is 2. The van der Waals surface area contributed by atoms with E-state index < -0.39 is 0 Å². The monoisotopic (exact) mass is 355 g/mol. The van der Waals surface area contributed by atoms with Crippen molar-refractivity contribution in [2.45, 2.75) is 19.0 Å². The van der Waals surface area contributed by atoms with Gasteiger partial charge in [-0.1, -0.05) is 42.5 Å². The van der Waals surface area contributed by atoms with Gasteiger partial charge in [-0.2, -0.15) is 0 Å². The van der Waals surface area contributed by atoms with Gasteiger partial charge in [0.2, 0.25) is 11.8 Å². The zero-order valence-corrected chi connectivity index (χ0v) is 14.5. The van der Waals surface area contributed by atoms with Crippen LogP contribution in [-0.4, -0.2) is 41.2 Å². The number of nitrogens with two attached hydrogens (primary N) is 1. The molecule has 1 heterocycles. The molecule has 2 amide bonds. The maximum absolute atomic E-state index is 13.3. The van der Waals surface area contributed by atoms with Crippen LogP contribution in [0.15, 0.2) is 54.6 Å². The van der Waals surface area contributed by atoms with E-state index in [0.717, 1.165) is 11.1 Å². The number of carbonyl (C=O) groups is 2. The first kappa shape index (κ1) is 18.1. The molecule has 136 valence electrons. The van der Waals surface area contributed by atoms with Gasteiger partial charge in [0, 0.05) is 32.1 Å². The van der Waals surface area contributed by atoms with Gasteiger partial charge in [-0.05, 0) is 23.3 Å². The van der Waals surface area contributed by atoms with E-state index >= 15 is 0 Å². The van der Waals surface area contributed by atoms with Gasteiger partial charge in [-0.25, -0.2) is 4.39 Å². The molecule has 0 bridgehead atoms. The lowest BCUT2D eigenvalue weighted by atomic mass is 10.0. The summed E-state index contributed by atoms with van der Waals surface area (Å²) in [5.41, 5.74) is 7.74. The first-order valence-corrected chi connectivity index (χ1v) is 8.63. The van der Waals surface area contributed by atoms with Crippen LogP contribution < -0.4 is 5.73 Å². The highest BCUT2D eigenvalue weighted by atomic mass is 19.1. The number of rotatable bonds is 5. The van der Waals surface area contributed by atoms with Crippen molar-refractivity contribution in [2.24, 2.45) is 5.73 Å². The quantitative estimate of drug-likeness (QED) is 0.893. The van der Waals surface area contributed by atoms with Crippen molar-refractivity contribution in [3.8, 4) is 0 Å². The zero-order chi connectivity index (χ0) is 18.5. The van der Waals surface area contributed by atoms with Gasteiger partial charge < -0.3 is 15.5 Å². The predicted molar refractivity (Wildman–Crippen MR) is 96.4 cm³/mol. The van der Waals surface area contributed by atoms with E-state index in [4.69, 9.17) is 5.73 Å². The van der Waals surface area contributed by atoms with Crippen LogP contribution in [0.25, 0.3) is 0 Å². The standard InChI is InChI=1S/C20H22FN3O2/c21-17-8-4-5-15(11-17)13-23-9-10-24(14-20(23)26)19(25)12-18(22)16-6-2-1-3-7-16/h1-8,11,18H,9-10,12-14,22H2. The fourth-order valence-corrected chi connectivity index (χ4v) is 3.08. The van der Waals surface area contributed by atoms with Crippen molar-refractivity contribution < 1.29 is 14.0 Å². The highest BCUT2D eigenvalue weighted by Crippen LogP contribution is 2.17. The Hall–Kier alpha value is -2.73. The Morgan fingerprint density at radius 2 is 1.88 bits per heavy atom. The van der Waals surface area contributed by atoms with Gasteiger partial charge in [-0.3, -0.25) is 9.59 Å². The second kappa shape index (κ2) is 8.10. The molecule has 0 aromatic heterocycles. The van der Waals surface area contributed by atoms with E-state index in [-0.39, 0.29) is 36.6 Å². The molecule has 1 aliphatic heterocycles. The second-order valence-electron chi connectivity index (χ2n) is 6.48. The van der Waals surface area contributed by atoms with Crippen LogP contribution in [-0.2, 0) is 16.1 Å². The Kier molecular flexibility index (Phi) is 5.63. The summed E-state index contributed by atoms with van der Waals surface area (Å²) in [5.74, 6) is -0.582. The molecular weight excluding hydrogens is 333 g/mol. The number of amides is 2. The summed E-state index contributed by atoms with van der Waals surface area (Å²) in [7, 11) is 0. The van der Waals surface area contributed by atoms with Gasteiger partial charge in [0.1, 0.15) is 5.82 Å². The first-order valence-electron chi connectivity index (χ1n) is 8.63. The average molecular weight is 355 g/mol. The minimum absolute atomic E-state index is 0.0374. The van der Waals surface area contributed by atoms with Crippen molar-refractivity contribution in [2.75, 3.05) is 19.6 Å². The first-order chi connectivity index (χ1) is 12.5. The van der Waals surface area contributed by atoms with E-state index in [9.17, 15) is 14.0 Å². The highest BCUT2D eigenvalue weighted by molar-refractivity contribution is 5.86. The Bertz CT molecular complexity index is 782. The van der Waals surface area contributed by atoms with Gasteiger partial charge >= 0.3 is 0 Å². The number of hydrogen-bond donors (Lipinski definition) is 1. The molecule has 2 aromatic carbocycles. The summed E-state index contributed by atoms with van der Waals surface area (Å²) < 4.78 is 13.3. The molecule has 1 atom stereocenters. The number of benzene rings is 2. The Morgan fingerprint density at radius 1 is 1.12 bits per heavy atom. The number of hydrogen-bond acceptors (Lipinski definition) is 3. The van der Waals surface area contributed by atoms with Gasteiger partial charge in [-0.15, -0.1) is 0 Å². The maximum Gasteiger partial charge on any atom is 0.242 e. The maximum atomic E-state index is 13.3. The molecule has 2 aromatic rings. The summed E-state index contributed by atoms with van der Waals surface area (Å²) in [4.78, 5) is 28.0. The zero-order valence-electron chi connectivity index (χ0n) is 14.5. The Labute approximate surface area is 152 Å². The van der Waals surface area contributed by atoms with Crippen molar-refractivity contribution >= 4 is 11.8 Å². The molecule has 6 heteroatoms. The molecule has 0 aliphatic carbocycles. The molecule has 3 rings (SSSR count). The lowest BCUT2D eigenvalue weighted by molar-refractivity contribution is -0.145. The van der Waals surface area contributed by atoms with Crippen molar-refractivity contribution in [1.82, 2.24) is 9.80 Å². The lowest BCUT2D eigenvalue weighted by Gasteiger charge is -2.35. The highest BCUT2D eigenvalue weighted by Gasteiger charge is 2.28. The van der Waals surface area contributed by atoms with E-state index in [1.165, 1.54) is 12.1 Å². The summed E-state index contributed by atoms with van der Waals surface area (Å²) in [6.45, 7) is 1.28. The molecule has 1 unspecified atom stereocenters. The van der Waals surface area contributed by atoms with Gasteiger partial charge in [0.05, 0.1) is 6.54 Å². The molecule has 1 fully saturated rings. The molecule has 1 saturated heterocycles. The lowest BCUT2D eigenvalue weighted by Crippen LogP contribution is -2.52.